The second-order valence-corrected chi connectivity index (χ2v) is 6.84. The van der Waals surface area contributed by atoms with Crippen molar-refractivity contribution in [3.05, 3.63) is 51.1 Å². The zero-order valence-electron chi connectivity index (χ0n) is 16.5. The van der Waals surface area contributed by atoms with Crippen molar-refractivity contribution in [2.75, 3.05) is 26.9 Å². The minimum Gasteiger partial charge on any atom is -0.395 e. The summed E-state index contributed by atoms with van der Waals surface area (Å²) < 4.78 is 6.75. The van der Waals surface area contributed by atoms with Gasteiger partial charge in [0.25, 0.3) is 5.56 Å². The number of H-pyrrole nitrogens is 1. The van der Waals surface area contributed by atoms with Crippen LogP contribution in [0.5, 0.6) is 0 Å². The van der Waals surface area contributed by atoms with E-state index in [1.807, 2.05) is 30.9 Å². The van der Waals surface area contributed by atoms with E-state index >= 15 is 0 Å². The molecule has 0 aliphatic rings. The summed E-state index contributed by atoms with van der Waals surface area (Å²) in [5.41, 5.74) is 3.60. The van der Waals surface area contributed by atoms with Gasteiger partial charge in [0.2, 0.25) is 0 Å². The van der Waals surface area contributed by atoms with Crippen LogP contribution < -0.4 is 5.56 Å². The minimum absolute atomic E-state index is 0.0244. The van der Waals surface area contributed by atoms with Gasteiger partial charge in [-0.15, -0.1) is 5.10 Å². The third-order valence-corrected chi connectivity index (χ3v) is 4.92. The molecule has 0 aliphatic carbocycles. The van der Waals surface area contributed by atoms with Gasteiger partial charge >= 0.3 is 0 Å². The quantitative estimate of drug-likeness (QED) is 0.559. The van der Waals surface area contributed by atoms with Crippen molar-refractivity contribution in [1.82, 2.24) is 30.1 Å². The Morgan fingerprint density at radius 1 is 1.29 bits per heavy atom. The summed E-state index contributed by atoms with van der Waals surface area (Å²) in [6.45, 7) is 6.26. The molecule has 2 heterocycles. The molecule has 3 rings (SSSR count). The van der Waals surface area contributed by atoms with Crippen LogP contribution in [0.25, 0.3) is 10.9 Å². The number of fused-ring (bicyclic) bond motifs is 1. The van der Waals surface area contributed by atoms with Crippen molar-refractivity contribution in [1.29, 1.82) is 0 Å². The molecule has 1 aromatic carbocycles. The first kappa shape index (κ1) is 20.1. The number of hydrogen-bond acceptors (Lipinski definition) is 7. The number of aliphatic hydroxyl groups excluding tert-OH is 1. The summed E-state index contributed by atoms with van der Waals surface area (Å²) in [4.78, 5) is 17.6. The molecule has 0 atom stereocenters. The summed E-state index contributed by atoms with van der Waals surface area (Å²) in [6, 6.07) is 5.98. The van der Waals surface area contributed by atoms with E-state index in [1.54, 1.807) is 11.8 Å². The second-order valence-electron chi connectivity index (χ2n) is 6.84. The Balaban J connectivity index is 1.84. The first-order chi connectivity index (χ1) is 13.5. The molecule has 0 bridgehead atoms. The number of ether oxygens (including phenoxy) is 1. The predicted molar refractivity (Wildman–Crippen MR) is 105 cm³/mol. The van der Waals surface area contributed by atoms with E-state index in [0.717, 1.165) is 22.0 Å². The normalized spacial score (nSPS) is 11.6. The highest BCUT2D eigenvalue weighted by molar-refractivity contribution is 5.83. The van der Waals surface area contributed by atoms with Crippen LogP contribution in [0.4, 0.5) is 0 Å². The van der Waals surface area contributed by atoms with Gasteiger partial charge < -0.3 is 14.8 Å². The number of benzene rings is 1. The third-order valence-electron chi connectivity index (χ3n) is 4.92. The Bertz CT molecular complexity index is 997. The molecule has 2 aromatic heterocycles. The van der Waals surface area contributed by atoms with Crippen molar-refractivity contribution in [2.45, 2.75) is 33.5 Å². The average Bonchev–Trinajstić information content (AvgIpc) is 3.11. The zero-order chi connectivity index (χ0) is 20.1. The van der Waals surface area contributed by atoms with Crippen molar-refractivity contribution >= 4 is 10.9 Å². The molecule has 0 unspecified atom stereocenters. The molecule has 0 saturated heterocycles. The zero-order valence-corrected chi connectivity index (χ0v) is 16.5. The van der Waals surface area contributed by atoms with Crippen molar-refractivity contribution in [3.63, 3.8) is 0 Å². The van der Waals surface area contributed by atoms with Crippen LogP contribution in [-0.4, -0.2) is 62.1 Å². The van der Waals surface area contributed by atoms with Crippen LogP contribution in [0.2, 0.25) is 0 Å². The fourth-order valence-corrected chi connectivity index (χ4v) is 3.17. The summed E-state index contributed by atoms with van der Waals surface area (Å²) in [5, 5.41) is 22.2. The van der Waals surface area contributed by atoms with E-state index in [0.29, 0.717) is 44.2 Å². The van der Waals surface area contributed by atoms with Crippen LogP contribution >= 0.6 is 0 Å². The van der Waals surface area contributed by atoms with E-state index in [1.165, 1.54) is 0 Å². The molecule has 0 amide bonds. The summed E-state index contributed by atoms with van der Waals surface area (Å²) in [5.74, 6) is 0.661. The second kappa shape index (κ2) is 9.05. The molecule has 150 valence electrons. The first-order valence-corrected chi connectivity index (χ1v) is 9.22. The van der Waals surface area contributed by atoms with E-state index < -0.39 is 0 Å². The Labute approximate surface area is 162 Å². The van der Waals surface area contributed by atoms with Gasteiger partial charge in [-0.05, 0) is 46.9 Å². The number of nitrogens with one attached hydrogen (secondary N) is 1. The predicted octanol–water partition coefficient (Wildman–Crippen LogP) is 0.772. The number of hydrogen-bond donors (Lipinski definition) is 2. The Kier molecular flexibility index (Phi) is 6.50. The van der Waals surface area contributed by atoms with Crippen LogP contribution in [-0.2, 0) is 24.4 Å². The van der Waals surface area contributed by atoms with Crippen molar-refractivity contribution < 1.29 is 9.84 Å². The largest absolute Gasteiger partial charge is 0.395 e. The highest BCUT2D eigenvalue weighted by Gasteiger charge is 2.15. The van der Waals surface area contributed by atoms with E-state index in [9.17, 15) is 9.90 Å². The molecule has 0 radical (unpaired) electrons. The number of aryl methyl sites for hydroxylation is 2. The molecule has 0 saturated carbocycles. The molecular formula is C19H26N6O3. The van der Waals surface area contributed by atoms with Crippen LogP contribution in [0.3, 0.4) is 0 Å². The maximum atomic E-state index is 12.6. The van der Waals surface area contributed by atoms with Gasteiger partial charge in [-0.1, -0.05) is 12.1 Å². The topological polar surface area (TPSA) is 109 Å². The lowest BCUT2D eigenvalue weighted by molar-refractivity contribution is 0.167. The number of nitrogens with zero attached hydrogens (tertiary/aromatic N) is 5. The average molecular weight is 386 g/mol. The van der Waals surface area contributed by atoms with Gasteiger partial charge in [-0.2, -0.15) is 0 Å². The lowest BCUT2D eigenvalue weighted by Gasteiger charge is -2.20. The van der Waals surface area contributed by atoms with Crippen LogP contribution in [0, 0.1) is 13.8 Å². The van der Waals surface area contributed by atoms with Gasteiger partial charge in [0.05, 0.1) is 31.8 Å². The van der Waals surface area contributed by atoms with E-state index in [2.05, 4.69) is 26.6 Å². The number of aromatic nitrogens is 5. The number of tetrazole rings is 1. The standard InChI is InChI=1S/C19H26N6O3/c1-13-4-5-15-10-16(19(27)20-18(15)14(13)2)11-24(6-8-26)12-17-21-22-23-25(17)7-9-28-3/h4-5,10,26H,6-9,11-12H2,1-3H3,(H,20,27). The monoisotopic (exact) mass is 386 g/mol. The number of aliphatic hydroxyl groups is 1. The summed E-state index contributed by atoms with van der Waals surface area (Å²) in [7, 11) is 1.62. The Hall–Kier alpha value is -2.62. The molecule has 0 aliphatic heterocycles. The van der Waals surface area contributed by atoms with Crippen LogP contribution in [0.1, 0.15) is 22.5 Å². The molecule has 9 nitrogen and oxygen atoms in total. The van der Waals surface area contributed by atoms with Gasteiger partial charge in [-0.25, -0.2) is 4.68 Å². The van der Waals surface area contributed by atoms with Gasteiger partial charge in [0.15, 0.2) is 5.82 Å². The molecule has 2 N–H and O–H groups in total. The van der Waals surface area contributed by atoms with Gasteiger partial charge in [0.1, 0.15) is 0 Å². The number of methoxy groups -OCH3 is 1. The lowest BCUT2D eigenvalue weighted by atomic mass is 10.0. The molecule has 3 aromatic rings. The van der Waals surface area contributed by atoms with Gasteiger partial charge in [-0.3, -0.25) is 9.69 Å². The molecule has 9 heteroatoms. The third kappa shape index (κ3) is 4.44. The number of aromatic amines is 1. The highest BCUT2D eigenvalue weighted by atomic mass is 16.5. The summed E-state index contributed by atoms with van der Waals surface area (Å²) >= 11 is 0. The highest BCUT2D eigenvalue weighted by Crippen LogP contribution is 2.19. The SMILES string of the molecule is COCCn1nnnc1CN(CCO)Cc1cc2ccc(C)c(C)c2[nH]c1=O. The lowest BCUT2D eigenvalue weighted by Crippen LogP contribution is -2.30. The molecule has 28 heavy (non-hydrogen) atoms. The van der Waals surface area contributed by atoms with Crippen molar-refractivity contribution in [2.24, 2.45) is 0 Å². The minimum atomic E-state index is -0.122. The molecule has 0 fully saturated rings. The van der Waals surface area contributed by atoms with Gasteiger partial charge in [0, 0.05) is 25.8 Å². The van der Waals surface area contributed by atoms with E-state index in [4.69, 9.17) is 4.74 Å². The van der Waals surface area contributed by atoms with Crippen LogP contribution in [0.15, 0.2) is 23.0 Å². The van der Waals surface area contributed by atoms with E-state index in [-0.39, 0.29) is 12.2 Å². The Morgan fingerprint density at radius 2 is 2.11 bits per heavy atom. The van der Waals surface area contributed by atoms with Crippen molar-refractivity contribution in [3.8, 4) is 0 Å². The first-order valence-electron chi connectivity index (χ1n) is 9.22. The number of rotatable bonds is 9. The fraction of sp³-hybridized carbons (Fsp3) is 0.474. The maximum absolute atomic E-state index is 12.6. The molecule has 0 spiro atoms. The maximum Gasteiger partial charge on any atom is 0.252 e. The Morgan fingerprint density at radius 3 is 2.86 bits per heavy atom. The smallest absolute Gasteiger partial charge is 0.252 e. The summed E-state index contributed by atoms with van der Waals surface area (Å²) in [6.07, 6.45) is 0. The fourth-order valence-electron chi connectivity index (χ4n) is 3.17. The number of pyridine rings is 1. The molecular weight excluding hydrogens is 360 g/mol.